The van der Waals surface area contributed by atoms with Crippen LogP contribution in [0.3, 0.4) is 0 Å². The zero-order valence-electron chi connectivity index (χ0n) is 17.4. The third kappa shape index (κ3) is 4.29. The van der Waals surface area contributed by atoms with Crippen molar-refractivity contribution < 1.29 is 19.4 Å². The van der Waals surface area contributed by atoms with Gasteiger partial charge in [0.2, 0.25) is 5.88 Å². The lowest BCUT2D eigenvalue weighted by Gasteiger charge is -2.20. The molecular formula is C21H23N5O4. The topological polar surface area (TPSA) is 119 Å². The van der Waals surface area contributed by atoms with Gasteiger partial charge in [0, 0.05) is 11.8 Å². The molecule has 0 spiro atoms. The average molecular weight is 409 g/mol. The molecule has 0 radical (unpaired) electrons. The fourth-order valence-corrected chi connectivity index (χ4v) is 2.79. The summed E-state index contributed by atoms with van der Waals surface area (Å²) < 4.78 is 6.61. The molecule has 2 aromatic heterocycles. The zero-order valence-corrected chi connectivity index (χ0v) is 17.4. The van der Waals surface area contributed by atoms with Gasteiger partial charge in [-0.1, -0.05) is 32.1 Å². The summed E-state index contributed by atoms with van der Waals surface area (Å²) in [6.45, 7) is 7.99. The summed E-state index contributed by atoms with van der Waals surface area (Å²) in [5, 5.41) is 19.4. The van der Waals surface area contributed by atoms with E-state index in [0.29, 0.717) is 22.8 Å². The van der Waals surface area contributed by atoms with Crippen molar-refractivity contribution in [3.8, 4) is 11.6 Å². The first-order valence-electron chi connectivity index (χ1n) is 9.22. The number of hydrogen-bond acceptors (Lipinski definition) is 6. The molecule has 9 heteroatoms. The normalized spacial score (nSPS) is 11.2. The van der Waals surface area contributed by atoms with Gasteiger partial charge in [-0.3, -0.25) is 4.79 Å². The van der Waals surface area contributed by atoms with Gasteiger partial charge < -0.3 is 15.2 Å². The quantitative estimate of drug-likeness (QED) is 0.664. The van der Waals surface area contributed by atoms with Gasteiger partial charge in [0.15, 0.2) is 5.69 Å². The Morgan fingerprint density at radius 2 is 1.93 bits per heavy atom. The Bertz CT molecular complexity index is 1110. The Labute approximate surface area is 173 Å². The van der Waals surface area contributed by atoms with Gasteiger partial charge in [-0.15, -0.1) is 5.10 Å². The largest absolute Gasteiger partial charge is 0.480 e. The highest BCUT2D eigenvalue weighted by atomic mass is 16.5. The standard InChI is InChI=1S/C21H23N5O4/c1-12-6-7-13(8-17(12)26-11-16(20(28)29)24-25-26)18(27)23-15-9-14(21(2,3)4)10-22-19(15)30-5/h6-11H,1-5H3,(H,23,27)(H,28,29). The number of nitrogens with one attached hydrogen (secondary N) is 1. The maximum atomic E-state index is 12.9. The molecule has 2 heterocycles. The molecule has 1 aromatic carbocycles. The van der Waals surface area contributed by atoms with Gasteiger partial charge >= 0.3 is 5.97 Å². The number of rotatable bonds is 5. The molecule has 0 unspecified atom stereocenters. The second kappa shape index (κ2) is 7.94. The van der Waals surface area contributed by atoms with Crippen molar-refractivity contribution in [2.45, 2.75) is 33.1 Å². The summed E-state index contributed by atoms with van der Waals surface area (Å²) in [6.07, 6.45) is 3.02. The van der Waals surface area contributed by atoms with E-state index >= 15 is 0 Å². The summed E-state index contributed by atoms with van der Waals surface area (Å²) in [5.41, 5.74) is 2.81. The molecule has 0 saturated heterocycles. The highest BCUT2D eigenvalue weighted by Gasteiger charge is 2.19. The molecule has 0 atom stereocenters. The Hall–Kier alpha value is -3.75. The van der Waals surface area contributed by atoms with Gasteiger partial charge in [0.1, 0.15) is 5.69 Å². The number of amides is 1. The van der Waals surface area contributed by atoms with E-state index in [0.717, 1.165) is 11.1 Å². The summed E-state index contributed by atoms with van der Waals surface area (Å²) >= 11 is 0. The molecule has 0 aliphatic carbocycles. The van der Waals surface area contributed by atoms with Gasteiger partial charge in [-0.05, 0) is 41.7 Å². The van der Waals surface area contributed by atoms with Crippen molar-refractivity contribution in [1.29, 1.82) is 0 Å². The maximum Gasteiger partial charge on any atom is 0.358 e. The lowest BCUT2D eigenvalue weighted by molar-refractivity contribution is 0.0690. The number of pyridine rings is 1. The Kier molecular flexibility index (Phi) is 5.55. The number of nitrogens with zero attached hydrogens (tertiary/aromatic N) is 4. The molecule has 0 fully saturated rings. The first-order valence-corrected chi connectivity index (χ1v) is 9.22. The van der Waals surface area contributed by atoms with Crippen molar-refractivity contribution >= 4 is 17.6 Å². The van der Waals surface area contributed by atoms with Crippen LogP contribution in [0.4, 0.5) is 5.69 Å². The van der Waals surface area contributed by atoms with E-state index in [1.54, 1.807) is 24.4 Å². The van der Waals surface area contributed by atoms with Crippen LogP contribution in [0.25, 0.3) is 5.69 Å². The zero-order chi connectivity index (χ0) is 22.1. The number of hydrogen-bond donors (Lipinski definition) is 2. The van der Waals surface area contributed by atoms with E-state index in [9.17, 15) is 9.59 Å². The first kappa shape index (κ1) is 21.0. The van der Waals surface area contributed by atoms with Crippen LogP contribution >= 0.6 is 0 Å². The molecule has 1 amide bonds. The number of anilines is 1. The van der Waals surface area contributed by atoms with Gasteiger partial charge in [-0.2, -0.15) is 0 Å². The molecule has 3 aromatic rings. The molecule has 2 N–H and O–H groups in total. The number of carboxylic acid groups (broad SMARTS) is 1. The highest BCUT2D eigenvalue weighted by Crippen LogP contribution is 2.29. The van der Waals surface area contributed by atoms with Gasteiger partial charge in [-0.25, -0.2) is 14.5 Å². The van der Waals surface area contributed by atoms with Gasteiger partial charge in [0.25, 0.3) is 5.91 Å². The number of aryl methyl sites for hydroxylation is 1. The molecule has 0 saturated carbocycles. The van der Waals surface area contributed by atoms with E-state index < -0.39 is 5.97 Å². The summed E-state index contributed by atoms with van der Waals surface area (Å²) in [7, 11) is 1.49. The smallest absolute Gasteiger partial charge is 0.358 e. The van der Waals surface area contributed by atoms with Crippen molar-refractivity contribution in [3.63, 3.8) is 0 Å². The van der Waals surface area contributed by atoms with E-state index in [2.05, 4.69) is 41.4 Å². The lowest BCUT2D eigenvalue weighted by Crippen LogP contribution is -2.16. The van der Waals surface area contributed by atoms with Crippen LogP contribution in [-0.4, -0.2) is 44.1 Å². The monoisotopic (exact) mass is 409 g/mol. The Morgan fingerprint density at radius 1 is 1.20 bits per heavy atom. The number of carboxylic acids is 1. The minimum atomic E-state index is -1.17. The minimum absolute atomic E-state index is 0.148. The average Bonchev–Trinajstić information content (AvgIpc) is 3.18. The number of aromatic carboxylic acids is 1. The van der Waals surface area contributed by atoms with Crippen molar-refractivity contribution in [2.75, 3.05) is 12.4 Å². The maximum absolute atomic E-state index is 12.9. The van der Waals surface area contributed by atoms with Crippen molar-refractivity contribution in [3.05, 3.63) is 59.0 Å². The van der Waals surface area contributed by atoms with Crippen LogP contribution in [0, 0.1) is 6.92 Å². The predicted octanol–water partition coefficient (Wildman–Crippen LogP) is 3.23. The third-order valence-electron chi connectivity index (χ3n) is 4.59. The SMILES string of the molecule is COc1ncc(C(C)(C)C)cc1NC(=O)c1ccc(C)c(-n2cc(C(=O)O)nn2)c1. The second-order valence-electron chi connectivity index (χ2n) is 7.84. The van der Waals surface area contributed by atoms with Crippen molar-refractivity contribution in [1.82, 2.24) is 20.0 Å². The predicted molar refractivity (Wildman–Crippen MR) is 110 cm³/mol. The van der Waals surface area contributed by atoms with Crippen LogP contribution in [0.1, 0.15) is 52.7 Å². The third-order valence-corrected chi connectivity index (χ3v) is 4.59. The van der Waals surface area contributed by atoms with Crippen LogP contribution in [0.15, 0.2) is 36.7 Å². The second-order valence-corrected chi connectivity index (χ2v) is 7.84. The highest BCUT2D eigenvalue weighted by molar-refractivity contribution is 6.05. The number of carbonyl (C=O) groups excluding carboxylic acids is 1. The molecule has 9 nitrogen and oxygen atoms in total. The number of carbonyl (C=O) groups is 2. The molecule has 0 aliphatic heterocycles. The Balaban J connectivity index is 1.94. The number of methoxy groups -OCH3 is 1. The number of aromatic nitrogens is 4. The Morgan fingerprint density at radius 3 is 2.53 bits per heavy atom. The fourth-order valence-electron chi connectivity index (χ4n) is 2.79. The molecule has 156 valence electrons. The molecular weight excluding hydrogens is 386 g/mol. The van der Waals surface area contributed by atoms with Crippen LogP contribution < -0.4 is 10.1 Å². The van der Waals surface area contributed by atoms with E-state index in [-0.39, 0.29) is 17.0 Å². The number of ether oxygens (including phenoxy) is 1. The molecule has 3 rings (SSSR count). The number of benzene rings is 1. The summed E-state index contributed by atoms with van der Waals surface area (Å²) in [4.78, 5) is 28.3. The van der Waals surface area contributed by atoms with Gasteiger partial charge in [0.05, 0.1) is 19.0 Å². The van der Waals surface area contributed by atoms with E-state index in [1.807, 2.05) is 13.0 Å². The fraction of sp³-hybridized carbons (Fsp3) is 0.286. The summed E-state index contributed by atoms with van der Waals surface area (Å²) in [5.74, 6) is -1.22. The lowest BCUT2D eigenvalue weighted by atomic mass is 9.88. The van der Waals surface area contributed by atoms with Crippen LogP contribution in [-0.2, 0) is 5.41 Å². The van der Waals surface area contributed by atoms with Crippen LogP contribution in [0.5, 0.6) is 5.88 Å². The molecule has 30 heavy (non-hydrogen) atoms. The van der Waals surface area contributed by atoms with Crippen LogP contribution in [0.2, 0.25) is 0 Å². The van der Waals surface area contributed by atoms with E-state index in [1.165, 1.54) is 18.0 Å². The summed E-state index contributed by atoms with van der Waals surface area (Å²) in [6, 6.07) is 6.90. The van der Waals surface area contributed by atoms with E-state index in [4.69, 9.17) is 9.84 Å². The molecule has 0 aliphatic rings. The molecule has 0 bridgehead atoms. The first-order chi connectivity index (χ1) is 14.1. The van der Waals surface area contributed by atoms with Crippen molar-refractivity contribution in [2.24, 2.45) is 0 Å². The minimum Gasteiger partial charge on any atom is -0.480 e.